The summed E-state index contributed by atoms with van der Waals surface area (Å²) < 4.78 is 43.3. The lowest BCUT2D eigenvalue weighted by atomic mass is 10.2. The Morgan fingerprint density at radius 2 is 1.81 bits per heavy atom. The molecule has 1 saturated heterocycles. The van der Waals surface area contributed by atoms with Crippen LogP contribution < -0.4 is 24.4 Å². The van der Waals surface area contributed by atoms with Gasteiger partial charge in [0.15, 0.2) is 11.5 Å². The molecule has 1 fully saturated rings. The molecule has 0 bridgehead atoms. The zero-order valence-corrected chi connectivity index (χ0v) is 20.3. The van der Waals surface area contributed by atoms with Gasteiger partial charge in [0.05, 0.1) is 10.6 Å². The van der Waals surface area contributed by atoms with E-state index in [1.807, 2.05) is 0 Å². The van der Waals surface area contributed by atoms with Crippen LogP contribution in [0.15, 0.2) is 51.9 Å². The van der Waals surface area contributed by atoms with Crippen molar-refractivity contribution in [1.82, 2.24) is 10.1 Å². The molecule has 12 nitrogen and oxygen atoms in total. The SMILES string of the molecule is Cc1noc(NS(=O)(=O)c2ccc(NC(=O)CN3CCN(c4ccc5c(c4)OCO5)C3=O)cc2)c1C. The lowest BCUT2D eigenvalue weighted by Gasteiger charge is -2.18. The van der Waals surface area contributed by atoms with Crippen molar-refractivity contribution in [2.45, 2.75) is 18.7 Å². The van der Waals surface area contributed by atoms with Gasteiger partial charge < -0.3 is 24.2 Å². The highest BCUT2D eigenvalue weighted by Crippen LogP contribution is 2.36. The summed E-state index contributed by atoms with van der Waals surface area (Å²) in [5, 5.41) is 6.42. The second-order valence-corrected chi connectivity index (χ2v) is 9.98. The van der Waals surface area contributed by atoms with Crippen LogP contribution in [-0.2, 0) is 14.8 Å². The molecule has 36 heavy (non-hydrogen) atoms. The van der Waals surface area contributed by atoms with E-state index >= 15 is 0 Å². The molecule has 2 N–H and O–H groups in total. The van der Waals surface area contributed by atoms with Crippen molar-refractivity contribution < 1.29 is 32.0 Å². The van der Waals surface area contributed by atoms with E-state index in [2.05, 4.69) is 15.2 Å². The minimum atomic E-state index is -3.90. The summed E-state index contributed by atoms with van der Waals surface area (Å²) in [5.74, 6) is 0.843. The third-order valence-electron chi connectivity index (χ3n) is 5.93. The number of hydrogen-bond acceptors (Lipinski definition) is 8. The summed E-state index contributed by atoms with van der Waals surface area (Å²) in [5.41, 5.74) is 2.23. The average Bonchev–Trinajstić information content (AvgIpc) is 3.55. The van der Waals surface area contributed by atoms with Crippen LogP contribution in [0.5, 0.6) is 11.5 Å². The fourth-order valence-electron chi connectivity index (χ4n) is 3.80. The number of urea groups is 1. The van der Waals surface area contributed by atoms with Crippen molar-refractivity contribution in [2.75, 3.05) is 41.4 Å². The van der Waals surface area contributed by atoms with Gasteiger partial charge in [-0.1, -0.05) is 5.16 Å². The molecule has 2 aliphatic heterocycles. The second kappa shape index (κ2) is 9.07. The smallest absolute Gasteiger partial charge is 0.325 e. The van der Waals surface area contributed by atoms with Gasteiger partial charge in [-0.25, -0.2) is 17.9 Å². The largest absolute Gasteiger partial charge is 0.454 e. The first-order chi connectivity index (χ1) is 17.2. The summed E-state index contributed by atoms with van der Waals surface area (Å²) >= 11 is 0. The highest BCUT2D eigenvalue weighted by atomic mass is 32.2. The van der Waals surface area contributed by atoms with E-state index in [1.165, 1.54) is 29.2 Å². The standard InChI is InChI=1S/C23H23N5O7S/c1-14-15(2)25-35-22(14)26-36(31,32)18-6-3-16(4-7-18)24-21(29)12-27-9-10-28(23(27)30)17-5-8-19-20(11-17)34-13-33-19/h3-8,11,26H,9-10,12-13H2,1-2H3,(H,24,29). The van der Waals surface area contributed by atoms with E-state index in [-0.39, 0.29) is 30.1 Å². The highest BCUT2D eigenvalue weighted by Gasteiger charge is 2.32. The molecule has 2 aromatic carbocycles. The number of sulfonamides is 1. The van der Waals surface area contributed by atoms with Gasteiger partial charge in [-0.2, -0.15) is 0 Å². The molecule has 0 saturated carbocycles. The molecule has 13 heteroatoms. The lowest BCUT2D eigenvalue weighted by molar-refractivity contribution is -0.116. The maximum atomic E-state index is 12.8. The molecule has 2 aliphatic rings. The molecule has 0 atom stereocenters. The Labute approximate surface area is 206 Å². The third-order valence-corrected chi connectivity index (χ3v) is 7.28. The van der Waals surface area contributed by atoms with Crippen molar-refractivity contribution in [3.63, 3.8) is 0 Å². The Morgan fingerprint density at radius 3 is 2.53 bits per heavy atom. The Morgan fingerprint density at radius 1 is 1.06 bits per heavy atom. The molecule has 0 spiro atoms. The number of hydrogen-bond donors (Lipinski definition) is 2. The van der Waals surface area contributed by atoms with Crippen molar-refractivity contribution in [2.24, 2.45) is 0 Å². The van der Waals surface area contributed by atoms with Gasteiger partial charge in [0.2, 0.25) is 18.6 Å². The van der Waals surface area contributed by atoms with Gasteiger partial charge in [0.1, 0.15) is 6.54 Å². The number of aromatic nitrogens is 1. The topological polar surface area (TPSA) is 143 Å². The first-order valence-corrected chi connectivity index (χ1v) is 12.5. The number of ether oxygens (including phenoxy) is 2. The van der Waals surface area contributed by atoms with E-state index in [9.17, 15) is 18.0 Å². The van der Waals surface area contributed by atoms with Crippen LogP contribution in [0.1, 0.15) is 11.3 Å². The quantitative estimate of drug-likeness (QED) is 0.491. The molecular formula is C23H23N5O7S. The molecule has 3 amide bonds. The molecule has 1 aromatic heterocycles. The van der Waals surface area contributed by atoms with E-state index in [0.717, 1.165) is 0 Å². The fourth-order valence-corrected chi connectivity index (χ4v) is 4.85. The second-order valence-electron chi connectivity index (χ2n) is 8.29. The first-order valence-electron chi connectivity index (χ1n) is 11.0. The van der Waals surface area contributed by atoms with Crippen LogP contribution in [0.4, 0.5) is 22.1 Å². The van der Waals surface area contributed by atoms with E-state index < -0.39 is 15.9 Å². The maximum absolute atomic E-state index is 12.8. The van der Waals surface area contributed by atoms with Crippen molar-refractivity contribution in [1.29, 1.82) is 0 Å². The van der Waals surface area contributed by atoms with Gasteiger partial charge in [0, 0.05) is 36.1 Å². The number of anilines is 3. The van der Waals surface area contributed by atoms with Crippen LogP contribution in [0.25, 0.3) is 0 Å². The van der Waals surface area contributed by atoms with Gasteiger partial charge in [0.25, 0.3) is 10.0 Å². The minimum Gasteiger partial charge on any atom is -0.454 e. The van der Waals surface area contributed by atoms with Gasteiger partial charge >= 0.3 is 6.03 Å². The molecule has 0 aliphatic carbocycles. The average molecular weight is 514 g/mol. The Balaban J connectivity index is 1.18. The van der Waals surface area contributed by atoms with Crippen LogP contribution in [0.3, 0.4) is 0 Å². The molecule has 0 unspecified atom stereocenters. The Kier molecular flexibility index (Phi) is 5.92. The summed E-state index contributed by atoms with van der Waals surface area (Å²) in [6.07, 6.45) is 0. The molecule has 0 radical (unpaired) electrons. The third kappa shape index (κ3) is 4.52. The van der Waals surface area contributed by atoms with E-state index in [1.54, 1.807) is 36.9 Å². The van der Waals surface area contributed by atoms with Crippen molar-refractivity contribution >= 4 is 39.2 Å². The van der Waals surface area contributed by atoms with E-state index in [0.29, 0.717) is 47.2 Å². The maximum Gasteiger partial charge on any atom is 0.325 e. The first kappa shape index (κ1) is 23.5. The molecule has 188 valence electrons. The number of carbonyl (C=O) groups is 2. The van der Waals surface area contributed by atoms with Crippen LogP contribution in [0, 0.1) is 13.8 Å². The van der Waals surface area contributed by atoms with Crippen molar-refractivity contribution in [3.05, 3.63) is 53.7 Å². The lowest BCUT2D eigenvalue weighted by Crippen LogP contribution is -2.37. The molecule has 3 heterocycles. The summed E-state index contributed by atoms with van der Waals surface area (Å²) in [6.45, 7) is 4.20. The van der Waals surface area contributed by atoms with Gasteiger partial charge in [-0.3, -0.25) is 9.69 Å². The number of nitrogens with zero attached hydrogens (tertiary/aromatic N) is 3. The minimum absolute atomic E-state index is 0.0111. The number of fused-ring (bicyclic) bond motifs is 1. The zero-order chi connectivity index (χ0) is 25.4. The number of aryl methyl sites for hydroxylation is 1. The Hall–Kier alpha value is -4.26. The molecule has 3 aromatic rings. The van der Waals surface area contributed by atoms with E-state index in [4.69, 9.17) is 14.0 Å². The highest BCUT2D eigenvalue weighted by molar-refractivity contribution is 7.92. The zero-order valence-electron chi connectivity index (χ0n) is 19.5. The number of rotatable bonds is 7. The number of nitrogens with one attached hydrogen (secondary N) is 2. The number of amides is 3. The Bertz CT molecular complexity index is 1440. The van der Waals surface area contributed by atoms with Gasteiger partial charge in [-0.05, 0) is 50.2 Å². The van der Waals surface area contributed by atoms with Crippen molar-refractivity contribution in [3.8, 4) is 11.5 Å². The van der Waals surface area contributed by atoms with Crippen LogP contribution in [-0.4, -0.2) is 56.8 Å². The monoisotopic (exact) mass is 513 g/mol. The fraction of sp³-hybridized carbons (Fsp3) is 0.261. The van der Waals surface area contributed by atoms with Crippen LogP contribution in [0.2, 0.25) is 0 Å². The predicted molar refractivity (Wildman–Crippen MR) is 129 cm³/mol. The van der Waals surface area contributed by atoms with Gasteiger partial charge in [-0.15, -0.1) is 0 Å². The van der Waals surface area contributed by atoms with Crippen LogP contribution >= 0.6 is 0 Å². The number of carbonyl (C=O) groups excluding carboxylic acids is 2. The normalized spacial score (nSPS) is 14.9. The summed E-state index contributed by atoms with van der Waals surface area (Å²) in [7, 11) is -3.90. The molecule has 5 rings (SSSR count). The molecular weight excluding hydrogens is 490 g/mol. The predicted octanol–water partition coefficient (Wildman–Crippen LogP) is 2.70. The summed E-state index contributed by atoms with van der Waals surface area (Å²) in [4.78, 5) is 28.4. The summed E-state index contributed by atoms with van der Waals surface area (Å²) in [6, 6.07) is 10.6. The number of benzene rings is 2.